The molecule has 0 radical (unpaired) electrons. The first kappa shape index (κ1) is 10.6. The van der Waals surface area contributed by atoms with Crippen molar-refractivity contribution >= 4 is 9.28 Å². The van der Waals surface area contributed by atoms with E-state index in [0.717, 1.165) is 6.04 Å². The fourth-order valence-corrected chi connectivity index (χ4v) is 2.31. The number of hydrogen-bond acceptors (Lipinski definition) is 3. The van der Waals surface area contributed by atoms with Crippen molar-refractivity contribution < 1.29 is 8.85 Å². The average Bonchev–Trinajstić information content (AvgIpc) is 2.01. The van der Waals surface area contributed by atoms with Gasteiger partial charge in [-0.2, -0.15) is 5.26 Å². The van der Waals surface area contributed by atoms with Gasteiger partial charge in [-0.3, -0.25) is 0 Å². The zero-order valence-electron chi connectivity index (χ0n) is 7.17. The fraction of sp³-hybridized carbons (Fsp3) is 0.857. The van der Waals surface area contributed by atoms with Crippen molar-refractivity contribution in [1.82, 2.24) is 0 Å². The number of nitrogens with zero attached hydrogens (tertiary/aromatic N) is 1. The summed E-state index contributed by atoms with van der Waals surface area (Å²) in [5.41, 5.74) is 0. The van der Waals surface area contributed by atoms with Gasteiger partial charge in [0, 0.05) is 25.7 Å². The third-order valence-corrected chi connectivity index (χ3v) is 3.37. The maximum absolute atomic E-state index is 8.31. The Morgan fingerprint density at radius 2 is 1.82 bits per heavy atom. The molecule has 0 fully saturated rings. The molecule has 0 aliphatic heterocycles. The molecule has 0 aromatic carbocycles. The third-order valence-electron chi connectivity index (χ3n) is 1.20. The Balaban J connectivity index is 3.44. The number of rotatable bonds is 6. The Hall–Kier alpha value is -0.373. The maximum Gasteiger partial charge on any atom is 0.322 e. The quantitative estimate of drug-likeness (QED) is 0.567. The van der Waals surface area contributed by atoms with E-state index in [4.69, 9.17) is 14.1 Å². The van der Waals surface area contributed by atoms with E-state index in [2.05, 4.69) is 6.07 Å². The summed E-state index contributed by atoms with van der Waals surface area (Å²) in [5, 5.41) is 8.31. The van der Waals surface area contributed by atoms with Crippen LogP contribution in [0, 0.1) is 11.3 Å². The first-order valence-corrected chi connectivity index (χ1v) is 5.71. The van der Waals surface area contributed by atoms with Crippen LogP contribution in [0.1, 0.15) is 20.3 Å². The Morgan fingerprint density at radius 3 is 2.18 bits per heavy atom. The van der Waals surface area contributed by atoms with Gasteiger partial charge in [-0.15, -0.1) is 0 Å². The molecule has 0 aromatic rings. The molecule has 0 aromatic heterocycles. The molecule has 4 heteroatoms. The van der Waals surface area contributed by atoms with Gasteiger partial charge in [-0.1, -0.05) is 0 Å². The molecule has 0 atom stereocenters. The minimum Gasteiger partial charge on any atom is -0.397 e. The van der Waals surface area contributed by atoms with Gasteiger partial charge >= 0.3 is 9.28 Å². The lowest BCUT2D eigenvalue weighted by atomic mass is 10.6. The van der Waals surface area contributed by atoms with E-state index in [1.807, 2.05) is 13.8 Å². The SMILES string of the molecule is CCO[SiH](CCC#N)OCC. The van der Waals surface area contributed by atoms with Gasteiger partial charge in [0.2, 0.25) is 0 Å². The van der Waals surface area contributed by atoms with Crippen LogP contribution in [0.4, 0.5) is 0 Å². The Bertz CT molecular complexity index is 118. The summed E-state index contributed by atoms with van der Waals surface area (Å²) in [4.78, 5) is 0. The molecule has 64 valence electrons. The highest BCUT2D eigenvalue weighted by molar-refractivity contribution is 6.44. The second-order valence-corrected chi connectivity index (χ2v) is 4.14. The molecule has 0 aliphatic carbocycles. The normalized spacial score (nSPS) is 10.0. The molecule has 0 unspecified atom stereocenters. The molecule has 0 aliphatic rings. The van der Waals surface area contributed by atoms with Crippen LogP contribution < -0.4 is 0 Å². The molecule has 3 nitrogen and oxygen atoms in total. The third kappa shape index (κ3) is 6.04. The molecule has 0 N–H and O–H groups in total. The van der Waals surface area contributed by atoms with Gasteiger partial charge in [0.25, 0.3) is 0 Å². The number of hydrogen-bond donors (Lipinski definition) is 0. The largest absolute Gasteiger partial charge is 0.397 e. The predicted molar refractivity (Wildman–Crippen MR) is 45.4 cm³/mol. The molecule has 0 rings (SSSR count). The fourth-order valence-electron chi connectivity index (χ4n) is 0.769. The van der Waals surface area contributed by atoms with E-state index in [1.165, 1.54) is 0 Å². The minimum absolute atomic E-state index is 0.552. The van der Waals surface area contributed by atoms with Gasteiger partial charge in [0.1, 0.15) is 0 Å². The molecule has 0 bridgehead atoms. The highest BCUT2D eigenvalue weighted by Gasteiger charge is 2.10. The summed E-state index contributed by atoms with van der Waals surface area (Å²) < 4.78 is 10.7. The lowest BCUT2D eigenvalue weighted by molar-refractivity contribution is 0.214. The summed E-state index contributed by atoms with van der Waals surface area (Å²) in [6.45, 7) is 5.29. The zero-order valence-corrected chi connectivity index (χ0v) is 8.32. The topological polar surface area (TPSA) is 42.2 Å². The van der Waals surface area contributed by atoms with E-state index in [0.29, 0.717) is 19.6 Å². The summed E-state index contributed by atoms with van der Waals surface area (Å²) in [6.07, 6.45) is 0.552. The lowest BCUT2D eigenvalue weighted by Gasteiger charge is -2.12. The van der Waals surface area contributed by atoms with E-state index < -0.39 is 9.28 Å². The van der Waals surface area contributed by atoms with E-state index in [9.17, 15) is 0 Å². The van der Waals surface area contributed by atoms with Crippen LogP contribution in [0.15, 0.2) is 0 Å². The molecule has 0 heterocycles. The second kappa shape index (κ2) is 7.73. The van der Waals surface area contributed by atoms with E-state index >= 15 is 0 Å². The van der Waals surface area contributed by atoms with Crippen LogP contribution in [0.5, 0.6) is 0 Å². The van der Waals surface area contributed by atoms with Gasteiger partial charge in [-0.05, 0) is 13.8 Å². The Kier molecular flexibility index (Phi) is 7.47. The molecular weight excluding hydrogens is 158 g/mol. The molecular formula is C7H15NO2Si. The highest BCUT2D eigenvalue weighted by atomic mass is 28.3. The monoisotopic (exact) mass is 173 g/mol. The van der Waals surface area contributed by atoms with Crippen LogP contribution in [0.25, 0.3) is 0 Å². The van der Waals surface area contributed by atoms with Gasteiger partial charge in [0.05, 0.1) is 6.07 Å². The summed E-state index contributed by atoms with van der Waals surface area (Å²) in [5.74, 6) is 0. The maximum atomic E-state index is 8.31. The van der Waals surface area contributed by atoms with Crippen LogP contribution in [0.2, 0.25) is 6.04 Å². The summed E-state index contributed by atoms with van der Waals surface area (Å²) in [7, 11) is -1.47. The molecule has 11 heavy (non-hydrogen) atoms. The predicted octanol–water partition coefficient (Wildman–Crippen LogP) is 1.19. The average molecular weight is 173 g/mol. The van der Waals surface area contributed by atoms with Crippen LogP contribution in [0.3, 0.4) is 0 Å². The van der Waals surface area contributed by atoms with Gasteiger partial charge in [-0.25, -0.2) is 0 Å². The smallest absolute Gasteiger partial charge is 0.322 e. The Labute approximate surface area is 69.8 Å². The van der Waals surface area contributed by atoms with Crippen molar-refractivity contribution in [3.63, 3.8) is 0 Å². The van der Waals surface area contributed by atoms with Crippen molar-refractivity contribution in [2.75, 3.05) is 13.2 Å². The lowest BCUT2D eigenvalue weighted by Crippen LogP contribution is -2.22. The van der Waals surface area contributed by atoms with Crippen LogP contribution in [-0.4, -0.2) is 22.5 Å². The molecule has 0 spiro atoms. The molecule has 0 saturated heterocycles. The number of nitriles is 1. The van der Waals surface area contributed by atoms with Crippen LogP contribution >= 0.6 is 0 Å². The minimum atomic E-state index is -1.47. The van der Waals surface area contributed by atoms with Crippen LogP contribution in [-0.2, 0) is 8.85 Å². The van der Waals surface area contributed by atoms with E-state index in [1.54, 1.807) is 0 Å². The first-order chi connectivity index (χ1) is 5.35. The van der Waals surface area contributed by atoms with Crippen molar-refractivity contribution in [3.05, 3.63) is 0 Å². The van der Waals surface area contributed by atoms with Crippen molar-refractivity contribution in [1.29, 1.82) is 5.26 Å². The van der Waals surface area contributed by atoms with Gasteiger partial charge < -0.3 is 8.85 Å². The van der Waals surface area contributed by atoms with Crippen molar-refractivity contribution in [2.45, 2.75) is 26.3 Å². The van der Waals surface area contributed by atoms with Gasteiger partial charge in [0.15, 0.2) is 0 Å². The van der Waals surface area contributed by atoms with Crippen molar-refractivity contribution in [2.24, 2.45) is 0 Å². The second-order valence-electron chi connectivity index (χ2n) is 2.04. The highest BCUT2D eigenvalue weighted by Crippen LogP contribution is 2.00. The van der Waals surface area contributed by atoms with E-state index in [-0.39, 0.29) is 0 Å². The zero-order chi connectivity index (χ0) is 8.53. The summed E-state index contributed by atoms with van der Waals surface area (Å²) >= 11 is 0. The Morgan fingerprint density at radius 1 is 1.27 bits per heavy atom. The standard InChI is InChI=1S/C7H15NO2Si/c1-3-9-11(10-4-2)7-5-6-8/h11H,3-5,7H2,1-2H3. The van der Waals surface area contributed by atoms with Crippen molar-refractivity contribution in [3.8, 4) is 6.07 Å². The summed E-state index contributed by atoms with van der Waals surface area (Å²) in [6, 6.07) is 2.89. The molecule has 0 saturated carbocycles. The molecule has 0 amide bonds. The first-order valence-electron chi connectivity index (χ1n) is 3.95.